The van der Waals surface area contributed by atoms with Crippen molar-refractivity contribution >= 4 is 24.0 Å². The van der Waals surface area contributed by atoms with Gasteiger partial charge in [0.25, 0.3) is 5.91 Å². The smallest absolute Gasteiger partial charge is 0.288 e. The van der Waals surface area contributed by atoms with Gasteiger partial charge in [-0.1, -0.05) is 26.2 Å². The van der Waals surface area contributed by atoms with Crippen molar-refractivity contribution in [1.82, 2.24) is 15.7 Å². The first-order valence-electron chi connectivity index (χ1n) is 12.3. The number of ether oxygens (including phenoxy) is 1. The van der Waals surface area contributed by atoms with Crippen molar-refractivity contribution in [2.75, 3.05) is 26.9 Å². The Morgan fingerprint density at radius 1 is 1.16 bits per heavy atom. The van der Waals surface area contributed by atoms with Crippen molar-refractivity contribution in [1.29, 1.82) is 0 Å². The summed E-state index contributed by atoms with van der Waals surface area (Å²) in [7, 11) is 1.49. The van der Waals surface area contributed by atoms with Gasteiger partial charge in [0.15, 0.2) is 11.5 Å². The van der Waals surface area contributed by atoms with Crippen LogP contribution >= 0.6 is 0 Å². The number of unbranched alkanes of at least 4 members (excludes halogenated alkanes) is 2. The molecule has 202 valence electrons. The molecule has 37 heavy (non-hydrogen) atoms. The second-order valence-corrected chi connectivity index (χ2v) is 8.57. The molecule has 0 aliphatic heterocycles. The molecule has 0 radical (unpaired) electrons. The van der Waals surface area contributed by atoms with Crippen LogP contribution in [0.1, 0.15) is 66.4 Å². The highest BCUT2D eigenvalue weighted by Gasteiger charge is 2.21. The number of carbonyl (C=O) groups excluding carboxylic acids is 4. The van der Waals surface area contributed by atoms with Gasteiger partial charge in [-0.3, -0.25) is 24.4 Å². The molecule has 0 aliphatic rings. The molecule has 2 aromatic rings. The molecule has 0 fully saturated rings. The second kappa shape index (κ2) is 15.4. The maximum Gasteiger partial charge on any atom is 0.288 e. The number of carbonyl (C=O) groups is 4. The first kappa shape index (κ1) is 29.5. The van der Waals surface area contributed by atoms with Gasteiger partial charge in [0.05, 0.1) is 26.2 Å². The van der Waals surface area contributed by atoms with Gasteiger partial charge in [0.1, 0.15) is 11.5 Å². The predicted molar refractivity (Wildman–Crippen MR) is 136 cm³/mol. The van der Waals surface area contributed by atoms with Crippen LogP contribution in [-0.4, -0.2) is 61.1 Å². The fourth-order valence-corrected chi connectivity index (χ4v) is 3.70. The lowest BCUT2D eigenvalue weighted by molar-refractivity contribution is -0.154. The molecule has 0 saturated heterocycles. The molecule has 0 aliphatic carbocycles. The zero-order valence-electron chi connectivity index (χ0n) is 21.3. The largest absolute Gasteiger partial charge is 0.497 e. The lowest BCUT2D eigenvalue weighted by Gasteiger charge is -2.19. The zero-order chi connectivity index (χ0) is 27.2. The quantitative estimate of drug-likeness (QED) is 0.0622. The van der Waals surface area contributed by atoms with E-state index in [2.05, 4.69) is 10.6 Å². The summed E-state index contributed by atoms with van der Waals surface area (Å²) in [6, 6.07) is 8.11. The number of ketones is 1. The van der Waals surface area contributed by atoms with Crippen LogP contribution in [-0.2, 0) is 9.59 Å². The van der Waals surface area contributed by atoms with Gasteiger partial charge in [0.2, 0.25) is 12.3 Å². The van der Waals surface area contributed by atoms with E-state index in [0.29, 0.717) is 53.5 Å². The molecule has 11 heteroatoms. The molecule has 0 unspecified atom stereocenters. The number of methoxy groups -OCH3 is 1. The predicted octanol–water partition coefficient (Wildman–Crippen LogP) is 2.72. The Balaban J connectivity index is 2.01. The highest BCUT2D eigenvalue weighted by atomic mass is 16.5. The third kappa shape index (κ3) is 9.36. The number of nitrogens with one attached hydrogen (secondary N) is 2. The highest BCUT2D eigenvalue weighted by molar-refractivity contribution is 5.98. The van der Waals surface area contributed by atoms with Gasteiger partial charge in [-0.15, -0.1) is 0 Å². The molecule has 2 rings (SSSR count). The number of benzene rings is 1. The van der Waals surface area contributed by atoms with Gasteiger partial charge >= 0.3 is 0 Å². The van der Waals surface area contributed by atoms with E-state index in [-0.39, 0.29) is 37.1 Å². The van der Waals surface area contributed by atoms with Crippen molar-refractivity contribution in [2.24, 2.45) is 11.7 Å². The number of hydrogen-bond donors (Lipinski definition) is 4. The maximum atomic E-state index is 12.6. The minimum Gasteiger partial charge on any atom is -0.497 e. The highest BCUT2D eigenvalue weighted by Crippen LogP contribution is 2.28. The van der Waals surface area contributed by atoms with E-state index in [4.69, 9.17) is 14.9 Å². The van der Waals surface area contributed by atoms with Crippen LogP contribution in [0.5, 0.6) is 5.75 Å². The normalized spacial score (nSPS) is 11.5. The van der Waals surface area contributed by atoms with Crippen LogP contribution in [0.3, 0.4) is 0 Å². The summed E-state index contributed by atoms with van der Waals surface area (Å²) in [5.74, 6) is -0.754. The standard InChI is InChI=1S/C26H36N4O7/c1-3-4-5-7-18(15-30(35)17-31)25(33)28-16-29-26(34)24-10-9-23(37-24)20-12-19(13-21(14-20)36-2)22(32)8-6-11-27/h9-10,12-14,17-18,35H,3-8,11,15-16,27H2,1-2H3,(H,28,33)(H,29,34)/t18-/m1/s1. The number of furan rings is 1. The fraction of sp³-hybridized carbons (Fsp3) is 0.462. The monoisotopic (exact) mass is 516 g/mol. The molecule has 3 amide bonds. The van der Waals surface area contributed by atoms with E-state index in [0.717, 1.165) is 19.3 Å². The lowest BCUT2D eigenvalue weighted by Crippen LogP contribution is -2.42. The van der Waals surface area contributed by atoms with E-state index in [1.165, 1.54) is 13.2 Å². The average molecular weight is 517 g/mol. The van der Waals surface area contributed by atoms with Crippen molar-refractivity contribution in [3.63, 3.8) is 0 Å². The van der Waals surface area contributed by atoms with Gasteiger partial charge in [-0.05, 0) is 49.7 Å². The number of hydrogen-bond acceptors (Lipinski definition) is 8. The molecule has 5 N–H and O–H groups in total. The van der Waals surface area contributed by atoms with E-state index >= 15 is 0 Å². The first-order valence-corrected chi connectivity index (χ1v) is 12.3. The Bertz CT molecular complexity index is 1050. The minimum atomic E-state index is -0.608. The number of Topliss-reactive ketones (excluding diaryl/α,β-unsaturated/α-hetero) is 1. The Hall–Kier alpha value is -3.70. The van der Waals surface area contributed by atoms with Gasteiger partial charge in [-0.2, -0.15) is 0 Å². The fourth-order valence-electron chi connectivity index (χ4n) is 3.70. The molecule has 0 saturated carbocycles. The summed E-state index contributed by atoms with van der Waals surface area (Å²) in [4.78, 5) is 48.3. The number of nitrogens with zero attached hydrogens (tertiary/aromatic N) is 1. The molecule has 1 aromatic carbocycles. The third-order valence-corrected chi connectivity index (χ3v) is 5.75. The summed E-state index contributed by atoms with van der Waals surface area (Å²) in [5, 5.41) is 15.1. The number of amides is 3. The van der Waals surface area contributed by atoms with Crippen LogP contribution in [0.25, 0.3) is 11.3 Å². The molecule has 1 heterocycles. The maximum absolute atomic E-state index is 12.6. The van der Waals surface area contributed by atoms with Crippen LogP contribution in [0.2, 0.25) is 0 Å². The van der Waals surface area contributed by atoms with Crippen molar-refractivity contribution in [3.8, 4) is 17.1 Å². The Labute approximate surface area is 216 Å². The summed E-state index contributed by atoms with van der Waals surface area (Å²) < 4.78 is 11.0. The Morgan fingerprint density at radius 3 is 2.62 bits per heavy atom. The van der Waals surface area contributed by atoms with Crippen molar-refractivity contribution < 1.29 is 33.5 Å². The molecular formula is C26H36N4O7. The van der Waals surface area contributed by atoms with Crippen LogP contribution < -0.4 is 21.1 Å². The van der Waals surface area contributed by atoms with E-state index in [1.807, 2.05) is 6.92 Å². The molecule has 11 nitrogen and oxygen atoms in total. The van der Waals surface area contributed by atoms with E-state index in [1.54, 1.807) is 24.3 Å². The van der Waals surface area contributed by atoms with Crippen molar-refractivity contribution in [3.05, 3.63) is 41.7 Å². The molecule has 0 bridgehead atoms. The Kier molecular flexibility index (Phi) is 12.3. The second-order valence-electron chi connectivity index (χ2n) is 8.57. The number of hydroxylamine groups is 2. The summed E-state index contributed by atoms with van der Waals surface area (Å²) in [5.41, 5.74) is 6.53. The van der Waals surface area contributed by atoms with Crippen LogP contribution in [0.4, 0.5) is 0 Å². The lowest BCUT2D eigenvalue weighted by atomic mass is 10.0. The van der Waals surface area contributed by atoms with Gasteiger partial charge in [0, 0.05) is 17.5 Å². The third-order valence-electron chi connectivity index (χ3n) is 5.75. The van der Waals surface area contributed by atoms with E-state index < -0.39 is 11.8 Å². The van der Waals surface area contributed by atoms with Crippen molar-refractivity contribution in [2.45, 2.75) is 45.4 Å². The SMILES string of the molecule is CCCCC[C@H](CN(O)C=O)C(=O)NCNC(=O)c1ccc(-c2cc(OC)cc(C(=O)CCCN)c2)o1. The summed E-state index contributed by atoms with van der Waals surface area (Å²) >= 11 is 0. The van der Waals surface area contributed by atoms with Gasteiger partial charge in [-0.25, -0.2) is 5.06 Å². The zero-order valence-corrected chi connectivity index (χ0v) is 21.3. The summed E-state index contributed by atoms with van der Waals surface area (Å²) in [6.07, 6.45) is 4.29. The van der Waals surface area contributed by atoms with Crippen LogP contribution in [0, 0.1) is 5.92 Å². The summed E-state index contributed by atoms with van der Waals surface area (Å²) in [6.45, 7) is 2.15. The number of nitrogens with two attached hydrogens (primary N) is 1. The minimum absolute atomic E-state index is 0.0186. The average Bonchev–Trinajstić information content (AvgIpc) is 3.41. The van der Waals surface area contributed by atoms with E-state index in [9.17, 15) is 24.4 Å². The van der Waals surface area contributed by atoms with Gasteiger partial charge < -0.3 is 25.5 Å². The first-order chi connectivity index (χ1) is 17.8. The molecule has 1 aromatic heterocycles. The van der Waals surface area contributed by atoms with Crippen LogP contribution in [0.15, 0.2) is 34.7 Å². The molecule has 0 spiro atoms. The molecular weight excluding hydrogens is 480 g/mol. The number of rotatable bonds is 17. The Morgan fingerprint density at radius 2 is 1.95 bits per heavy atom. The molecule has 1 atom stereocenters. The topological polar surface area (TPSA) is 164 Å².